The van der Waals surface area contributed by atoms with E-state index in [2.05, 4.69) is 0 Å². The molecule has 0 aromatic carbocycles. The maximum atomic E-state index is 10.6. The van der Waals surface area contributed by atoms with Crippen LogP contribution in [0.2, 0.25) is 0 Å². The fraction of sp³-hybridized carbons (Fsp3) is 0.857. The van der Waals surface area contributed by atoms with Crippen LogP contribution in [-0.4, -0.2) is 53.5 Å². The SMILES string of the molecule is C[N+]1(C)CC(O)C[C@H]1C(=O)O. The molecule has 1 unspecified atom stereocenters. The van der Waals surface area contributed by atoms with Crippen LogP contribution in [0.5, 0.6) is 0 Å². The largest absolute Gasteiger partial charge is 0.477 e. The second-order valence-electron chi connectivity index (χ2n) is 3.70. The van der Waals surface area contributed by atoms with Gasteiger partial charge in [0.25, 0.3) is 0 Å². The zero-order valence-corrected chi connectivity index (χ0v) is 6.82. The lowest BCUT2D eigenvalue weighted by molar-refractivity contribution is -0.895. The van der Waals surface area contributed by atoms with Crippen molar-refractivity contribution in [2.75, 3.05) is 20.6 Å². The van der Waals surface area contributed by atoms with E-state index in [-0.39, 0.29) is 0 Å². The van der Waals surface area contributed by atoms with Gasteiger partial charge in [-0.15, -0.1) is 0 Å². The smallest absolute Gasteiger partial charge is 0.362 e. The van der Waals surface area contributed by atoms with Crippen molar-refractivity contribution in [3.63, 3.8) is 0 Å². The minimum absolute atomic E-state index is 0.377. The number of carboxylic acids is 1. The number of hydrogen-bond acceptors (Lipinski definition) is 2. The molecule has 4 heteroatoms. The maximum Gasteiger partial charge on any atom is 0.362 e. The molecule has 0 aromatic heterocycles. The Balaban J connectivity index is 2.74. The summed E-state index contributed by atoms with van der Waals surface area (Å²) < 4.78 is 0.385. The molecule has 4 nitrogen and oxygen atoms in total. The molecule has 64 valence electrons. The molecule has 2 N–H and O–H groups in total. The lowest BCUT2D eigenvalue weighted by Crippen LogP contribution is -2.48. The highest BCUT2D eigenvalue weighted by Gasteiger charge is 2.44. The van der Waals surface area contributed by atoms with E-state index >= 15 is 0 Å². The second kappa shape index (κ2) is 2.46. The average molecular weight is 160 g/mol. The number of quaternary nitrogens is 1. The van der Waals surface area contributed by atoms with Gasteiger partial charge in [0.05, 0.1) is 14.1 Å². The molecule has 1 aliphatic rings. The van der Waals surface area contributed by atoms with Crippen molar-refractivity contribution < 1.29 is 19.5 Å². The predicted octanol–water partition coefficient (Wildman–Crippen LogP) is -0.719. The highest BCUT2D eigenvalue weighted by atomic mass is 16.4. The molecule has 0 bridgehead atoms. The summed E-state index contributed by atoms with van der Waals surface area (Å²) in [5.74, 6) is -0.813. The minimum Gasteiger partial charge on any atom is -0.477 e. The van der Waals surface area contributed by atoms with Crippen LogP contribution >= 0.6 is 0 Å². The molecule has 1 heterocycles. The van der Waals surface area contributed by atoms with Gasteiger partial charge in [0, 0.05) is 6.42 Å². The van der Waals surface area contributed by atoms with Crippen molar-refractivity contribution in [1.82, 2.24) is 0 Å². The molecular weight excluding hydrogens is 146 g/mol. The first-order chi connectivity index (χ1) is 4.93. The fourth-order valence-corrected chi connectivity index (χ4v) is 1.69. The molecular formula is C7H14NO3+. The van der Waals surface area contributed by atoms with E-state index in [0.717, 1.165) is 0 Å². The number of carboxylic acid groups (broad SMARTS) is 1. The normalized spacial score (nSPS) is 35.5. The third kappa shape index (κ3) is 1.52. The van der Waals surface area contributed by atoms with Gasteiger partial charge >= 0.3 is 5.97 Å². The van der Waals surface area contributed by atoms with E-state index in [9.17, 15) is 9.90 Å². The molecule has 1 rings (SSSR count). The van der Waals surface area contributed by atoms with Crippen LogP contribution in [0.1, 0.15) is 6.42 Å². The minimum atomic E-state index is -0.813. The molecule has 0 spiro atoms. The lowest BCUT2D eigenvalue weighted by atomic mass is 10.2. The van der Waals surface area contributed by atoms with E-state index in [1.54, 1.807) is 0 Å². The van der Waals surface area contributed by atoms with Gasteiger partial charge in [-0.1, -0.05) is 0 Å². The Hall–Kier alpha value is -0.610. The van der Waals surface area contributed by atoms with Crippen LogP contribution in [0.25, 0.3) is 0 Å². The summed E-state index contributed by atoms with van der Waals surface area (Å²) in [6.45, 7) is 0.539. The molecule has 0 saturated carbocycles. The number of aliphatic hydroxyl groups is 1. The van der Waals surface area contributed by atoms with Crippen LogP contribution < -0.4 is 0 Å². The van der Waals surface area contributed by atoms with E-state index in [1.807, 2.05) is 14.1 Å². The van der Waals surface area contributed by atoms with Gasteiger partial charge in [-0.05, 0) is 0 Å². The zero-order valence-electron chi connectivity index (χ0n) is 6.82. The molecule has 0 amide bonds. The molecule has 0 radical (unpaired) electrons. The summed E-state index contributed by atoms with van der Waals surface area (Å²) in [4.78, 5) is 10.6. The second-order valence-corrected chi connectivity index (χ2v) is 3.70. The highest BCUT2D eigenvalue weighted by molar-refractivity contribution is 5.72. The molecule has 1 fully saturated rings. The predicted molar refractivity (Wildman–Crippen MR) is 39.0 cm³/mol. The fourth-order valence-electron chi connectivity index (χ4n) is 1.69. The average Bonchev–Trinajstić information content (AvgIpc) is 2.04. The van der Waals surface area contributed by atoms with Gasteiger partial charge in [-0.2, -0.15) is 0 Å². The van der Waals surface area contributed by atoms with E-state index in [1.165, 1.54) is 0 Å². The van der Waals surface area contributed by atoms with Gasteiger partial charge in [0.1, 0.15) is 12.6 Å². The summed E-state index contributed by atoms with van der Waals surface area (Å²) in [5.41, 5.74) is 0. The van der Waals surface area contributed by atoms with Crippen LogP contribution in [-0.2, 0) is 4.79 Å². The Morgan fingerprint density at radius 3 is 2.27 bits per heavy atom. The van der Waals surface area contributed by atoms with Crippen LogP contribution in [0, 0.1) is 0 Å². The van der Waals surface area contributed by atoms with Crippen molar-refractivity contribution in [2.45, 2.75) is 18.6 Å². The first-order valence-electron chi connectivity index (χ1n) is 3.67. The van der Waals surface area contributed by atoms with Gasteiger partial charge in [0.2, 0.25) is 0 Å². The van der Waals surface area contributed by atoms with Crippen molar-refractivity contribution in [2.24, 2.45) is 0 Å². The number of rotatable bonds is 1. The number of aliphatic carboxylic acids is 1. The Bertz CT molecular complexity index is 179. The van der Waals surface area contributed by atoms with E-state index < -0.39 is 18.1 Å². The maximum absolute atomic E-state index is 10.6. The molecule has 11 heavy (non-hydrogen) atoms. The Labute approximate surface area is 65.6 Å². The first kappa shape index (κ1) is 8.49. The number of aliphatic hydroxyl groups excluding tert-OH is 1. The number of likely N-dealkylation sites (tertiary alicyclic amines) is 1. The molecule has 0 aliphatic carbocycles. The summed E-state index contributed by atoms with van der Waals surface area (Å²) in [6, 6.07) is -0.440. The summed E-state index contributed by atoms with van der Waals surface area (Å²) in [5, 5.41) is 17.9. The quantitative estimate of drug-likeness (QED) is 0.498. The summed E-state index contributed by atoms with van der Waals surface area (Å²) in [6.07, 6.45) is -0.0754. The lowest BCUT2D eigenvalue weighted by Gasteiger charge is -2.28. The Kier molecular flexibility index (Phi) is 1.90. The van der Waals surface area contributed by atoms with Gasteiger partial charge in [-0.3, -0.25) is 0 Å². The van der Waals surface area contributed by atoms with Crippen LogP contribution in [0.3, 0.4) is 0 Å². The van der Waals surface area contributed by atoms with Crippen molar-refractivity contribution in [3.8, 4) is 0 Å². The Morgan fingerprint density at radius 2 is 2.09 bits per heavy atom. The van der Waals surface area contributed by atoms with Crippen molar-refractivity contribution in [1.29, 1.82) is 0 Å². The topological polar surface area (TPSA) is 57.5 Å². The zero-order chi connectivity index (χ0) is 8.65. The monoisotopic (exact) mass is 160 g/mol. The highest BCUT2D eigenvalue weighted by Crippen LogP contribution is 2.22. The first-order valence-corrected chi connectivity index (χ1v) is 3.67. The molecule has 2 atom stereocenters. The van der Waals surface area contributed by atoms with Crippen LogP contribution in [0.15, 0.2) is 0 Å². The number of carbonyl (C=O) groups is 1. The van der Waals surface area contributed by atoms with Crippen LogP contribution in [0.4, 0.5) is 0 Å². The molecule has 1 aliphatic heterocycles. The Morgan fingerprint density at radius 1 is 1.55 bits per heavy atom. The number of likely N-dealkylation sites (N-methyl/N-ethyl adjacent to an activating group) is 1. The number of nitrogens with zero attached hydrogens (tertiary/aromatic N) is 1. The van der Waals surface area contributed by atoms with E-state index in [0.29, 0.717) is 17.4 Å². The third-order valence-electron chi connectivity index (χ3n) is 2.31. The third-order valence-corrected chi connectivity index (χ3v) is 2.31. The summed E-state index contributed by atoms with van der Waals surface area (Å²) in [7, 11) is 3.66. The van der Waals surface area contributed by atoms with Crippen molar-refractivity contribution in [3.05, 3.63) is 0 Å². The van der Waals surface area contributed by atoms with E-state index in [4.69, 9.17) is 5.11 Å². The van der Waals surface area contributed by atoms with Gasteiger partial charge in [-0.25, -0.2) is 4.79 Å². The summed E-state index contributed by atoms with van der Waals surface area (Å²) >= 11 is 0. The van der Waals surface area contributed by atoms with Gasteiger partial charge in [0.15, 0.2) is 6.04 Å². The molecule has 1 saturated heterocycles. The standard InChI is InChI=1S/C7H13NO3/c1-8(2)4-5(9)3-6(8)7(10)11/h5-6,9H,3-4H2,1-2H3/p+1/t5?,6-/m0/s1. The van der Waals surface area contributed by atoms with Crippen molar-refractivity contribution >= 4 is 5.97 Å². The van der Waals surface area contributed by atoms with Gasteiger partial charge < -0.3 is 14.7 Å². The number of hydrogen-bond donors (Lipinski definition) is 2. The molecule has 0 aromatic rings.